The molecule has 1 N–H and O–H groups in total. The largest absolute Gasteiger partial charge is 0.478 e. The predicted molar refractivity (Wildman–Crippen MR) is 72.6 cm³/mol. The summed E-state index contributed by atoms with van der Waals surface area (Å²) in [5.74, 6) is 0.357. The minimum absolute atomic E-state index is 0.00504. The number of hydrogen-bond acceptors (Lipinski definition) is 3. The zero-order chi connectivity index (χ0) is 14.1. The lowest BCUT2D eigenvalue weighted by Gasteiger charge is -2.21. The molecule has 0 saturated heterocycles. The van der Waals surface area contributed by atoms with Gasteiger partial charge >= 0.3 is 11.9 Å². The van der Waals surface area contributed by atoms with Crippen LogP contribution < -0.4 is 0 Å². The van der Waals surface area contributed by atoms with Crippen LogP contribution in [0.15, 0.2) is 24.3 Å². The van der Waals surface area contributed by atoms with Gasteiger partial charge in [-0.05, 0) is 49.1 Å². The molecule has 1 aromatic rings. The molecular formula is C16H18O4. The van der Waals surface area contributed by atoms with Crippen LogP contribution in [-0.4, -0.2) is 23.7 Å². The van der Waals surface area contributed by atoms with Crippen LogP contribution in [0.25, 0.3) is 0 Å². The Hall–Kier alpha value is -1.84. The molecule has 4 nitrogen and oxygen atoms in total. The van der Waals surface area contributed by atoms with E-state index < -0.39 is 11.9 Å². The Morgan fingerprint density at radius 2 is 1.90 bits per heavy atom. The summed E-state index contributed by atoms with van der Waals surface area (Å²) in [7, 11) is 0. The van der Waals surface area contributed by atoms with Gasteiger partial charge in [0.1, 0.15) is 0 Å². The van der Waals surface area contributed by atoms with Crippen molar-refractivity contribution in [3.63, 3.8) is 0 Å². The second-order valence-corrected chi connectivity index (χ2v) is 5.88. The van der Waals surface area contributed by atoms with Crippen LogP contribution in [0, 0.1) is 17.8 Å². The van der Waals surface area contributed by atoms with E-state index in [0.29, 0.717) is 18.4 Å². The number of hydrogen-bond donors (Lipinski definition) is 1. The summed E-state index contributed by atoms with van der Waals surface area (Å²) < 4.78 is 5.35. The highest BCUT2D eigenvalue weighted by atomic mass is 16.5. The molecule has 2 fully saturated rings. The molecule has 2 saturated carbocycles. The fourth-order valence-electron chi connectivity index (χ4n) is 3.69. The van der Waals surface area contributed by atoms with E-state index in [0.717, 1.165) is 12.3 Å². The molecule has 2 aliphatic rings. The fraction of sp³-hybridized carbons (Fsp3) is 0.500. The van der Waals surface area contributed by atoms with Crippen molar-refractivity contribution in [2.75, 3.05) is 6.61 Å². The summed E-state index contributed by atoms with van der Waals surface area (Å²) in [6, 6.07) is 6.19. The van der Waals surface area contributed by atoms with Gasteiger partial charge in [-0.25, -0.2) is 9.59 Å². The van der Waals surface area contributed by atoms with Crippen molar-refractivity contribution >= 4 is 11.9 Å². The van der Waals surface area contributed by atoms with Gasteiger partial charge in [0.05, 0.1) is 17.7 Å². The predicted octanol–water partition coefficient (Wildman–Crippen LogP) is 2.98. The summed E-state index contributed by atoms with van der Waals surface area (Å²) in [6.07, 6.45) is 4.99. The first-order valence-electron chi connectivity index (χ1n) is 7.14. The highest BCUT2D eigenvalue weighted by Crippen LogP contribution is 2.48. The van der Waals surface area contributed by atoms with Gasteiger partial charge < -0.3 is 9.84 Å². The minimum atomic E-state index is -1.10. The van der Waals surface area contributed by atoms with E-state index in [-0.39, 0.29) is 11.1 Å². The Bertz CT molecular complexity index is 537. The van der Waals surface area contributed by atoms with Crippen molar-refractivity contribution in [1.82, 2.24) is 0 Å². The number of carbonyl (C=O) groups excluding carboxylic acids is 1. The number of carboxylic acid groups (broad SMARTS) is 1. The quantitative estimate of drug-likeness (QED) is 0.857. The standard InChI is InChI=1S/C16H18O4/c17-15(18)13-3-1-2-4-14(13)16(19)20-9-12-8-10-5-6-11(12)7-10/h1-4,10-12H,5-9H2,(H,17,18)/t10-,11-,12-/m0/s1. The molecule has 4 heteroatoms. The normalized spacial score (nSPS) is 27.5. The van der Waals surface area contributed by atoms with Crippen LogP contribution in [-0.2, 0) is 4.74 Å². The molecule has 3 atom stereocenters. The van der Waals surface area contributed by atoms with Crippen LogP contribution in [0.3, 0.4) is 0 Å². The highest BCUT2D eigenvalue weighted by molar-refractivity contribution is 6.02. The van der Waals surface area contributed by atoms with E-state index in [1.54, 1.807) is 12.1 Å². The van der Waals surface area contributed by atoms with Crippen molar-refractivity contribution in [3.05, 3.63) is 35.4 Å². The molecule has 0 aliphatic heterocycles. The molecule has 2 aliphatic carbocycles. The third-order valence-electron chi connectivity index (χ3n) is 4.69. The van der Waals surface area contributed by atoms with Gasteiger partial charge in [0.2, 0.25) is 0 Å². The van der Waals surface area contributed by atoms with Crippen LogP contribution in [0.1, 0.15) is 46.4 Å². The Labute approximate surface area is 117 Å². The molecule has 0 heterocycles. The van der Waals surface area contributed by atoms with Crippen molar-refractivity contribution in [1.29, 1.82) is 0 Å². The molecule has 0 spiro atoms. The number of benzene rings is 1. The maximum atomic E-state index is 12.0. The lowest BCUT2D eigenvalue weighted by atomic mass is 9.89. The van der Waals surface area contributed by atoms with E-state index in [9.17, 15) is 9.59 Å². The Kier molecular flexibility index (Phi) is 3.47. The average molecular weight is 274 g/mol. The van der Waals surface area contributed by atoms with Gasteiger partial charge in [-0.15, -0.1) is 0 Å². The second kappa shape index (κ2) is 5.27. The first-order valence-corrected chi connectivity index (χ1v) is 7.14. The topological polar surface area (TPSA) is 63.6 Å². The second-order valence-electron chi connectivity index (χ2n) is 5.88. The van der Waals surface area contributed by atoms with Gasteiger partial charge in [0.25, 0.3) is 0 Å². The number of rotatable bonds is 4. The van der Waals surface area contributed by atoms with Crippen LogP contribution in [0.2, 0.25) is 0 Å². The van der Waals surface area contributed by atoms with Crippen LogP contribution in [0.5, 0.6) is 0 Å². The zero-order valence-corrected chi connectivity index (χ0v) is 11.2. The summed E-state index contributed by atoms with van der Waals surface area (Å²) in [4.78, 5) is 23.1. The maximum Gasteiger partial charge on any atom is 0.339 e. The van der Waals surface area contributed by atoms with Crippen LogP contribution >= 0.6 is 0 Å². The molecule has 0 radical (unpaired) electrons. The number of carboxylic acids is 1. The third kappa shape index (κ3) is 2.42. The number of esters is 1. The fourth-order valence-corrected chi connectivity index (χ4v) is 3.69. The maximum absolute atomic E-state index is 12.0. The first kappa shape index (κ1) is 13.2. The molecule has 0 aromatic heterocycles. The molecule has 0 unspecified atom stereocenters. The molecule has 2 bridgehead atoms. The molecule has 106 valence electrons. The van der Waals surface area contributed by atoms with Gasteiger partial charge in [0.15, 0.2) is 0 Å². The summed E-state index contributed by atoms with van der Waals surface area (Å²) >= 11 is 0. The van der Waals surface area contributed by atoms with Gasteiger partial charge in [-0.3, -0.25) is 0 Å². The molecule has 0 amide bonds. The van der Waals surface area contributed by atoms with Crippen molar-refractivity contribution in [2.45, 2.75) is 25.7 Å². The van der Waals surface area contributed by atoms with E-state index in [4.69, 9.17) is 9.84 Å². The van der Waals surface area contributed by atoms with Gasteiger partial charge in [-0.2, -0.15) is 0 Å². The Morgan fingerprint density at radius 1 is 1.15 bits per heavy atom. The van der Waals surface area contributed by atoms with Crippen molar-refractivity contribution in [3.8, 4) is 0 Å². The van der Waals surface area contributed by atoms with E-state index >= 15 is 0 Å². The summed E-state index contributed by atoms with van der Waals surface area (Å²) in [5, 5.41) is 9.07. The van der Waals surface area contributed by atoms with Crippen LogP contribution in [0.4, 0.5) is 0 Å². The summed E-state index contributed by atoms with van der Waals surface area (Å²) in [5.41, 5.74) is 0.147. The van der Waals surface area contributed by atoms with Gasteiger partial charge in [-0.1, -0.05) is 18.6 Å². The smallest absolute Gasteiger partial charge is 0.339 e. The van der Waals surface area contributed by atoms with Gasteiger partial charge in [0, 0.05) is 0 Å². The Morgan fingerprint density at radius 3 is 2.50 bits per heavy atom. The zero-order valence-electron chi connectivity index (χ0n) is 11.2. The molecule has 3 rings (SSSR count). The summed E-state index contributed by atoms with van der Waals surface area (Å²) in [6.45, 7) is 0.425. The van der Waals surface area contributed by atoms with Crippen molar-refractivity contribution in [2.24, 2.45) is 17.8 Å². The first-order chi connectivity index (χ1) is 9.65. The van der Waals surface area contributed by atoms with E-state index in [2.05, 4.69) is 0 Å². The number of ether oxygens (including phenoxy) is 1. The lowest BCUT2D eigenvalue weighted by molar-refractivity contribution is 0.0387. The van der Waals surface area contributed by atoms with E-state index in [1.807, 2.05) is 0 Å². The lowest BCUT2D eigenvalue weighted by Crippen LogP contribution is -2.20. The SMILES string of the molecule is O=C(O)c1ccccc1C(=O)OC[C@@H]1C[C@H]2CC[C@H]1C2. The third-order valence-corrected chi connectivity index (χ3v) is 4.69. The highest BCUT2D eigenvalue weighted by Gasteiger charge is 2.40. The average Bonchev–Trinajstić information content (AvgIpc) is 3.07. The molecule has 1 aromatic carbocycles. The molecular weight excluding hydrogens is 256 g/mol. The number of fused-ring (bicyclic) bond motifs is 2. The van der Waals surface area contributed by atoms with E-state index in [1.165, 1.54) is 31.4 Å². The number of aromatic carboxylic acids is 1. The number of carbonyl (C=O) groups is 2. The monoisotopic (exact) mass is 274 g/mol. The molecule has 20 heavy (non-hydrogen) atoms. The van der Waals surface area contributed by atoms with Crippen molar-refractivity contribution < 1.29 is 19.4 Å². The minimum Gasteiger partial charge on any atom is -0.478 e. The Balaban J connectivity index is 1.64.